The highest BCUT2D eigenvalue weighted by Crippen LogP contribution is 2.40. The summed E-state index contributed by atoms with van der Waals surface area (Å²) in [6, 6.07) is 10.2. The highest BCUT2D eigenvalue weighted by Gasteiger charge is 2.22. The maximum atomic E-state index is 12.3. The fraction of sp³-hybridized carbons (Fsp3) is 0.323. The highest BCUT2D eigenvalue weighted by atomic mass is 16.5. The van der Waals surface area contributed by atoms with Crippen LogP contribution in [0.3, 0.4) is 0 Å². The first-order valence-electron chi connectivity index (χ1n) is 13.6. The topological polar surface area (TPSA) is 96.8 Å². The predicted molar refractivity (Wildman–Crippen MR) is 165 cm³/mol. The van der Waals surface area contributed by atoms with Crippen molar-refractivity contribution in [3.05, 3.63) is 60.9 Å². The van der Waals surface area contributed by atoms with Crippen molar-refractivity contribution in [3.8, 4) is 22.8 Å². The molecule has 3 heterocycles. The van der Waals surface area contributed by atoms with Crippen molar-refractivity contribution in [2.24, 2.45) is 0 Å². The Labute approximate surface area is 240 Å². The number of methoxy groups -OCH3 is 2. The lowest BCUT2D eigenvalue weighted by atomic mass is 10.0. The maximum absolute atomic E-state index is 12.3. The van der Waals surface area contributed by atoms with Crippen molar-refractivity contribution in [2.45, 2.75) is 19.4 Å². The predicted octanol–water partition coefficient (Wildman–Crippen LogP) is 4.93. The molecular weight excluding hydrogens is 518 g/mol. The summed E-state index contributed by atoms with van der Waals surface area (Å²) in [5.41, 5.74) is 6.33. The van der Waals surface area contributed by atoms with Gasteiger partial charge >= 0.3 is 0 Å². The molecule has 0 unspecified atom stereocenters. The normalized spacial score (nSPS) is 12.3. The Morgan fingerprint density at radius 2 is 1.93 bits per heavy atom. The number of amides is 1. The monoisotopic (exact) mass is 555 g/mol. The lowest BCUT2D eigenvalue weighted by Gasteiger charge is -2.26. The number of nitrogens with zero attached hydrogens (tertiary/aromatic N) is 5. The van der Waals surface area contributed by atoms with Gasteiger partial charge in [0, 0.05) is 49.9 Å². The molecule has 0 saturated heterocycles. The lowest BCUT2D eigenvalue weighted by Crippen LogP contribution is -2.29. The van der Waals surface area contributed by atoms with Crippen LogP contribution >= 0.6 is 0 Å². The third-order valence-electron chi connectivity index (χ3n) is 7.36. The first-order chi connectivity index (χ1) is 19.8. The second-order valence-electron chi connectivity index (χ2n) is 10.4. The van der Waals surface area contributed by atoms with Gasteiger partial charge in [0.05, 0.1) is 43.0 Å². The van der Waals surface area contributed by atoms with Gasteiger partial charge in [-0.15, -0.1) is 0 Å². The molecule has 0 bridgehead atoms. The number of hydrogen-bond donors (Lipinski definition) is 2. The van der Waals surface area contributed by atoms with E-state index in [1.54, 1.807) is 20.4 Å². The van der Waals surface area contributed by atoms with Gasteiger partial charge in [0.1, 0.15) is 11.4 Å². The molecule has 0 spiro atoms. The van der Waals surface area contributed by atoms with Gasteiger partial charge in [-0.3, -0.25) is 4.79 Å². The standard InChI is InChI=1S/C31H37N7O3/c1-7-28(39)33-23-16-24(26(40-5)17-25(23)37(4)15-14-36(2)3)34-31-32-18-27(41-6)29(35-31)22-19-38-13-9-11-20-10-8-12-21(22)30(20)38/h7-8,10,12,16-19H,1,9,11,13-15H2,2-6H3,(H,33,39)(H,32,34,35). The van der Waals surface area contributed by atoms with Gasteiger partial charge in [0.15, 0.2) is 5.75 Å². The molecule has 0 fully saturated rings. The average molecular weight is 556 g/mol. The van der Waals surface area contributed by atoms with Crippen LogP contribution in [0, 0.1) is 0 Å². The number of aromatic nitrogens is 3. The molecule has 2 aromatic carbocycles. The molecule has 5 rings (SSSR count). The molecular formula is C31H37N7O3. The highest BCUT2D eigenvalue weighted by molar-refractivity contribution is 6.02. The first-order valence-corrected chi connectivity index (χ1v) is 13.6. The molecule has 0 saturated carbocycles. The van der Waals surface area contributed by atoms with E-state index in [4.69, 9.17) is 14.5 Å². The third kappa shape index (κ3) is 5.69. The van der Waals surface area contributed by atoms with E-state index in [-0.39, 0.29) is 5.91 Å². The summed E-state index contributed by atoms with van der Waals surface area (Å²) in [7, 11) is 9.26. The van der Waals surface area contributed by atoms with Crippen LogP contribution in [0.2, 0.25) is 0 Å². The minimum Gasteiger partial charge on any atom is -0.494 e. The largest absolute Gasteiger partial charge is 0.494 e. The zero-order valence-corrected chi connectivity index (χ0v) is 24.3. The van der Waals surface area contributed by atoms with Crippen LogP contribution in [-0.4, -0.2) is 73.8 Å². The molecule has 10 heteroatoms. The number of anilines is 4. The molecule has 2 N–H and O–H groups in total. The number of nitrogens with one attached hydrogen (secondary N) is 2. The fourth-order valence-corrected chi connectivity index (χ4v) is 5.24. The molecule has 2 aromatic heterocycles. The van der Waals surface area contributed by atoms with E-state index in [0.29, 0.717) is 34.5 Å². The summed E-state index contributed by atoms with van der Waals surface area (Å²) >= 11 is 0. The van der Waals surface area contributed by atoms with Gasteiger partial charge in [-0.25, -0.2) is 9.97 Å². The molecule has 0 radical (unpaired) electrons. The van der Waals surface area contributed by atoms with Crippen LogP contribution in [0.25, 0.3) is 22.2 Å². The number of carbonyl (C=O) groups is 1. The van der Waals surface area contributed by atoms with Crippen molar-refractivity contribution in [3.63, 3.8) is 0 Å². The number of para-hydroxylation sites is 1. The summed E-state index contributed by atoms with van der Waals surface area (Å²) < 4.78 is 13.8. The van der Waals surface area contributed by atoms with Gasteiger partial charge in [-0.05, 0) is 44.6 Å². The second kappa shape index (κ2) is 11.9. The molecule has 4 aromatic rings. The van der Waals surface area contributed by atoms with Crippen molar-refractivity contribution < 1.29 is 14.3 Å². The van der Waals surface area contributed by atoms with E-state index >= 15 is 0 Å². The van der Waals surface area contributed by atoms with E-state index in [2.05, 4.69) is 61.0 Å². The molecule has 10 nitrogen and oxygen atoms in total. The summed E-state index contributed by atoms with van der Waals surface area (Å²) in [5, 5.41) is 7.38. The number of benzene rings is 2. The number of carbonyl (C=O) groups excluding carboxylic acids is 1. The van der Waals surface area contributed by atoms with E-state index in [9.17, 15) is 4.79 Å². The summed E-state index contributed by atoms with van der Waals surface area (Å²) in [6.45, 7) is 6.16. The Balaban J connectivity index is 1.55. The average Bonchev–Trinajstić information content (AvgIpc) is 3.36. The van der Waals surface area contributed by atoms with Crippen LogP contribution in [0.15, 0.2) is 55.4 Å². The molecule has 1 aliphatic heterocycles. The zero-order valence-electron chi connectivity index (χ0n) is 24.3. The first kappa shape index (κ1) is 28.0. The Kier molecular flexibility index (Phi) is 8.11. The number of likely N-dealkylation sites (N-methyl/N-ethyl adjacent to an activating group) is 2. The minimum atomic E-state index is -0.306. The van der Waals surface area contributed by atoms with E-state index in [0.717, 1.165) is 49.1 Å². The van der Waals surface area contributed by atoms with Crippen LogP contribution in [-0.2, 0) is 17.8 Å². The van der Waals surface area contributed by atoms with Crippen LogP contribution < -0.4 is 25.0 Å². The molecule has 1 aliphatic rings. The van der Waals surface area contributed by atoms with Crippen molar-refractivity contribution >= 4 is 39.8 Å². The summed E-state index contributed by atoms with van der Waals surface area (Å²) in [5.74, 6) is 1.24. The van der Waals surface area contributed by atoms with Gasteiger partial charge in [-0.1, -0.05) is 24.8 Å². The van der Waals surface area contributed by atoms with Crippen molar-refractivity contribution in [1.29, 1.82) is 0 Å². The Hall–Kier alpha value is -4.57. The summed E-state index contributed by atoms with van der Waals surface area (Å²) in [4.78, 5) is 25.9. The quantitative estimate of drug-likeness (QED) is 0.252. The van der Waals surface area contributed by atoms with E-state index in [1.807, 2.05) is 33.3 Å². The zero-order chi connectivity index (χ0) is 29.1. The number of ether oxygens (including phenoxy) is 2. The smallest absolute Gasteiger partial charge is 0.247 e. The molecule has 1 amide bonds. The molecule has 0 aliphatic carbocycles. The van der Waals surface area contributed by atoms with Gasteiger partial charge < -0.3 is 34.5 Å². The minimum absolute atomic E-state index is 0.306. The Morgan fingerprint density at radius 3 is 2.66 bits per heavy atom. The van der Waals surface area contributed by atoms with Crippen LogP contribution in [0.1, 0.15) is 12.0 Å². The van der Waals surface area contributed by atoms with Gasteiger partial charge in [0.25, 0.3) is 0 Å². The second-order valence-corrected chi connectivity index (χ2v) is 10.4. The molecule has 41 heavy (non-hydrogen) atoms. The summed E-state index contributed by atoms with van der Waals surface area (Å²) in [6.07, 6.45) is 7.26. The lowest BCUT2D eigenvalue weighted by molar-refractivity contribution is -0.111. The maximum Gasteiger partial charge on any atom is 0.247 e. The fourth-order valence-electron chi connectivity index (χ4n) is 5.24. The Bertz CT molecular complexity index is 1590. The van der Waals surface area contributed by atoms with Crippen molar-refractivity contribution in [2.75, 3.05) is 64.0 Å². The van der Waals surface area contributed by atoms with Gasteiger partial charge in [-0.2, -0.15) is 0 Å². The molecule has 214 valence electrons. The Morgan fingerprint density at radius 1 is 1.12 bits per heavy atom. The number of aryl methyl sites for hydroxylation is 2. The van der Waals surface area contributed by atoms with E-state index < -0.39 is 0 Å². The van der Waals surface area contributed by atoms with Crippen LogP contribution in [0.4, 0.5) is 23.0 Å². The SMILES string of the molecule is C=CC(=O)Nc1cc(Nc2ncc(OC)c(-c3cn4c5c(cccc35)CCC4)n2)c(OC)cc1N(C)CCN(C)C. The molecule has 0 atom stereocenters. The van der Waals surface area contributed by atoms with E-state index in [1.165, 1.54) is 17.2 Å². The third-order valence-corrected chi connectivity index (χ3v) is 7.36. The number of rotatable bonds is 11. The number of hydrogen-bond acceptors (Lipinski definition) is 8. The van der Waals surface area contributed by atoms with Gasteiger partial charge in [0.2, 0.25) is 11.9 Å². The van der Waals surface area contributed by atoms with Crippen molar-refractivity contribution in [1.82, 2.24) is 19.4 Å². The van der Waals surface area contributed by atoms with Crippen LogP contribution in [0.5, 0.6) is 11.5 Å².